The normalized spacial score (nSPS) is 13.5. The van der Waals surface area contributed by atoms with Crippen molar-refractivity contribution in [3.8, 4) is 46.0 Å². The van der Waals surface area contributed by atoms with Crippen LogP contribution in [0.25, 0.3) is 20.9 Å². The first kappa shape index (κ1) is 116. The molecule has 10 rings (SSSR count). The third-order valence-electron chi connectivity index (χ3n) is 22.0. The van der Waals surface area contributed by atoms with Gasteiger partial charge in [0.1, 0.15) is 51.8 Å². The SMILES string of the molecule is CC(=O)C[C@@H](CC(C)C)C(=O)N[C@H](CC(=O)NCCNCC[NH3+])C(=O)C[C@@H](CC(=O)NCCNCCNC(=S)Cc1ccc2c(c1)C(=O)OC21c2ccc(O)cc2Oc2cc(O)ccc21)C(=O)NCCOCCN=[N+]=[N-].CC(=O)N[C@H](CC(C)C)C(=O)C[C@@H](CC(=O)NCCNCC[NH3+])C(=O)NCCOCCN=[N+]=[N-].O=C1OC2(c3ccc(O)cc3Oc3cc(O)ccc32)c2ccc(N=C=S)cc21.[Cl-].[Cl-]. The van der Waals surface area contributed by atoms with Crippen molar-refractivity contribution in [3.05, 3.63) is 180 Å². The number of rotatable bonds is 54. The van der Waals surface area contributed by atoms with Crippen molar-refractivity contribution < 1.29 is 143 Å². The van der Waals surface area contributed by atoms with Gasteiger partial charge in [0.25, 0.3) is 0 Å². The molecular weight excluding hydrogens is 1900 g/mol. The lowest BCUT2D eigenvalue weighted by molar-refractivity contribution is -0.365. The molecule has 140 heavy (non-hydrogen) atoms. The summed E-state index contributed by atoms with van der Waals surface area (Å²) in [6.07, 6.45) is -0.614. The second kappa shape index (κ2) is 58.8. The number of esters is 2. The van der Waals surface area contributed by atoms with Crippen LogP contribution in [0, 0.1) is 29.6 Å². The maximum absolute atomic E-state index is 14.1. The molecule has 46 heteroatoms. The van der Waals surface area contributed by atoms with E-state index in [-0.39, 0.29) is 179 Å². The van der Waals surface area contributed by atoms with Gasteiger partial charge in [-0.3, -0.25) is 43.2 Å². The van der Waals surface area contributed by atoms with Crippen LogP contribution >= 0.6 is 24.4 Å². The second-order valence-corrected chi connectivity index (χ2v) is 34.3. The Morgan fingerprint density at radius 3 is 1.26 bits per heavy atom. The first-order chi connectivity index (χ1) is 66.2. The molecule has 6 aromatic rings. The number of carbonyl (C=O) groups is 12. The Morgan fingerprint density at radius 1 is 0.457 bits per heavy atom. The molecule has 5 atom stereocenters. The highest BCUT2D eigenvalue weighted by Gasteiger charge is 2.56. The number of ketones is 3. The lowest BCUT2D eigenvalue weighted by Gasteiger charge is -2.36. The molecule has 2 spiro atoms. The number of carbonyl (C=O) groups excluding carboxylic acids is 12. The number of thiocarbonyl (C=S) groups is 2. The highest BCUT2D eigenvalue weighted by Crippen LogP contribution is 2.59. The number of azide groups is 2. The van der Waals surface area contributed by atoms with Crippen LogP contribution in [0.15, 0.2) is 124 Å². The molecule has 4 heterocycles. The Morgan fingerprint density at radius 2 is 0.857 bits per heavy atom. The van der Waals surface area contributed by atoms with Gasteiger partial charge in [0.15, 0.2) is 22.8 Å². The van der Waals surface area contributed by atoms with Gasteiger partial charge in [-0.2, -0.15) is 4.99 Å². The van der Waals surface area contributed by atoms with Crippen molar-refractivity contribution in [1.29, 1.82) is 0 Å². The van der Waals surface area contributed by atoms with E-state index in [9.17, 15) is 78.0 Å². The summed E-state index contributed by atoms with van der Waals surface area (Å²) in [4.78, 5) is 166. The monoisotopic (exact) mass is 2020 g/mol. The Kier molecular flexibility index (Phi) is 48.6. The van der Waals surface area contributed by atoms with Gasteiger partial charge >= 0.3 is 11.9 Å². The number of aliphatic imine (C=N–C) groups is 1. The van der Waals surface area contributed by atoms with Gasteiger partial charge in [0, 0.05) is 210 Å². The Balaban J connectivity index is 0.000000383. The van der Waals surface area contributed by atoms with E-state index in [2.05, 4.69) is 112 Å². The highest BCUT2D eigenvalue weighted by molar-refractivity contribution is 7.80. The highest BCUT2D eigenvalue weighted by atomic mass is 35.5. The van der Waals surface area contributed by atoms with Gasteiger partial charge in [-0.1, -0.05) is 68.3 Å². The molecule has 0 unspecified atom stereocenters. The van der Waals surface area contributed by atoms with E-state index in [1.54, 1.807) is 54.6 Å². The summed E-state index contributed by atoms with van der Waals surface area (Å²) in [5.74, 6) is -7.10. The number of hydrogen-bond donors (Lipinski definition) is 17. The van der Waals surface area contributed by atoms with Crippen molar-refractivity contribution in [1.82, 2.24) is 58.5 Å². The maximum Gasteiger partial charge on any atom is 0.340 e. The van der Waals surface area contributed by atoms with E-state index in [4.69, 9.17) is 51.7 Å². The zero-order chi connectivity index (χ0) is 100. The minimum atomic E-state index is -1.38. The molecule has 42 nitrogen and oxygen atoms in total. The zero-order valence-corrected chi connectivity index (χ0v) is 81.8. The molecule has 7 amide bonds. The summed E-state index contributed by atoms with van der Waals surface area (Å²) < 4.78 is 34.7. The lowest BCUT2D eigenvalue weighted by atomic mass is 9.77. The number of nitrogens with one attached hydrogen (secondary N) is 11. The summed E-state index contributed by atoms with van der Waals surface area (Å²) in [6, 6.07) is 26.7. The molecule has 0 aromatic heterocycles. The number of amides is 7. The van der Waals surface area contributed by atoms with Crippen molar-refractivity contribution in [2.45, 2.75) is 123 Å². The Hall–Kier alpha value is -13.0. The van der Waals surface area contributed by atoms with E-state index in [1.807, 2.05) is 33.8 Å². The van der Waals surface area contributed by atoms with Gasteiger partial charge < -0.3 is 148 Å². The molecule has 4 aliphatic heterocycles. The number of benzene rings is 6. The van der Waals surface area contributed by atoms with E-state index < -0.39 is 108 Å². The zero-order valence-electron chi connectivity index (χ0n) is 78.7. The average molecular weight is 2020 g/mol. The van der Waals surface area contributed by atoms with Crippen LogP contribution in [-0.4, -0.2) is 244 Å². The first-order valence-corrected chi connectivity index (χ1v) is 46.1. The summed E-state index contributed by atoms with van der Waals surface area (Å²) >= 11 is 10.3. The number of ether oxygens (including phenoxy) is 6. The fraction of sp³-hybridized carbons (Fsp3) is 0.468. The van der Waals surface area contributed by atoms with Crippen LogP contribution in [0.2, 0.25) is 0 Å². The summed E-state index contributed by atoms with van der Waals surface area (Å²) in [5, 5.41) is 80.8. The number of halogens is 2. The molecule has 0 fully saturated rings. The van der Waals surface area contributed by atoms with Crippen LogP contribution in [0.4, 0.5) is 5.69 Å². The predicted octanol–water partition coefficient (Wildman–Crippen LogP) is -0.995. The molecule has 0 bridgehead atoms. The van der Waals surface area contributed by atoms with Gasteiger partial charge in [-0.25, -0.2) is 9.59 Å². The third kappa shape index (κ3) is 34.5. The van der Waals surface area contributed by atoms with E-state index >= 15 is 0 Å². The number of isothiocyanates is 1. The lowest BCUT2D eigenvalue weighted by Crippen LogP contribution is -3.00. The number of phenols is 4. The molecule has 6 aromatic carbocycles. The van der Waals surface area contributed by atoms with Gasteiger partial charge in [-0.15, -0.1) is 0 Å². The molecule has 21 N–H and O–H groups in total. The van der Waals surface area contributed by atoms with Gasteiger partial charge in [0.05, 0.1) is 96.8 Å². The summed E-state index contributed by atoms with van der Waals surface area (Å²) in [5.41, 5.74) is 26.9. The quantitative estimate of drug-likeness (QED) is 0.00414. The molecular formula is C94H122Cl2N20O22S2. The Labute approximate surface area is 832 Å². The van der Waals surface area contributed by atoms with Gasteiger partial charge in [0.2, 0.25) is 41.4 Å². The topological polar surface area (TPSA) is 639 Å². The molecule has 0 saturated carbocycles. The number of phenolic OH excluding ortho intramolecular Hbond substituents is 4. The largest absolute Gasteiger partial charge is 1.00 e. The average Bonchev–Trinajstić information content (AvgIpc) is 1.53. The van der Waals surface area contributed by atoms with Crippen molar-refractivity contribution in [3.63, 3.8) is 0 Å². The minimum absolute atomic E-state index is 0. The Bertz CT molecular complexity index is 5410. The number of Topliss-reactive ketones (excluding diaryl/α,β-unsaturated/α-hetero) is 3. The van der Waals surface area contributed by atoms with E-state index in [1.165, 1.54) is 62.4 Å². The molecule has 0 radical (unpaired) electrons. The van der Waals surface area contributed by atoms with Crippen molar-refractivity contribution >= 4 is 111 Å². The number of quaternary nitrogens is 2. The third-order valence-corrected chi connectivity index (χ3v) is 22.3. The number of hydrogen-bond acceptors (Lipinski definition) is 30. The standard InChI is InChI=1S/C52H69N11O12S.C21H40N8O5.C21H11NO5S.2ClH/c1-31(2)22-34(23-32(3)64)50(71)62-42(30-47(69)58-15-12-55-11-10-53)43(67)26-35(49(70)60-18-20-73-21-19-61-63-54)27-46(68)57-16-13-56-14-17-59-48(76)25-33-4-7-39-38(24-33)51(72)75-52(39)40-8-5-36(65)28-44(40)74-45-29-37(66)6-9-41(45)52;1-15(2)12-18(28-16(3)30)19(31)13-17(14-20(32)25-7-6-24-5-4-22)21(33)26-8-10-34-11-9-27-29-23;23-12-2-5-16-18(8-12)26-19-9-13(24)3-6-17(19)21(16)15-4-1-11(22-10-28)7-14(15)20(25)27-21;;/h4-9,24,28-29,31,34-35,42,55-56,65-66H,10-23,25-27,30,53H2,1-3H3,(H,57,68)(H,58,69)(H,59,76)(H,60,70)(H,62,71);15,17-18,24H,4-14,22H2,1-3H3,(H,25,32)(H,26,33)(H,28,30);1-9,23-24H;2*1H/t34-,35+,42-;17-,18+;;;/m10.../s1. The second-order valence-electron chi connectivity index (χ2n) is 33.7. The number of fused-ring (bicyclic) bond motifs is 12. The summed E-state index contributed by atoms with van der Waals surface area (Å²) in [6.45, 7) is 17.2. The smallest absolute Gasteiger partial charge is 0.340 e. The maximum atomic E-state index is 14.1. The molecule has 756 valence electrons. The van der Waals surface area contributed by atoms with Crippen LogP contribution < -0.4 is 104 Å². The van der Waals surface area contributed by atoms with Crippen LogP contribution in [0.5, 0.6) is 46.0 Å². The first-order valence-electron chi connectivity index (χ1n) is 45.3. The van der Waals surface area contributed by atoms with Crippen LogP contribution in [0.3, 0.4) is 0 Å². The van der Waals surface area contributed by atoms with E-state index in [0.29, 0.717) is 138 Å². The van der Waals surface area contributed by atoms with Crippen molar-refractivity contribution in [2.75, 3.05) is 131 Å². The predicted molar refractivity (Wildman–Crippen MR) is 511 cm³/mol. The molecule has 0 aliphatic carbocycles. The van der Waals surface area contributed by atoms with Crippen LogP contribution in [-0.2, 0) is 84.5 Å². The number of aromatic hydroxyl groups is 4. The van der Waals surface area contributed by atoms with Crippen molar-refractivity contribution in [2.24, 2.45) is 44.8 Å². The fourth-order valence-corrected chi connectivity index (χ4v) is 16.2. The molecule has 4 aliphatic rings. The van der Waals surface area contributed by atoms with E-state index in [0.717, 1.165) is 18.7 Å². The fourth-order valence-electron chi connectivity index (χ4n) is 15.9. The molecule has 0 saturated heterocycles. The minimum Gasteiger partial charge on any atom is -1.00 e. The van der Waals surface area contributed by atoms with Gasteiger partial charge in [-0.05, 0) is 127 Å². The van der Waals surface area contributed by atoms with Crippen LogP contribution in [0.1, 0.15) is 153 Å². The number of nitrogens with zero attached hydrogens (tertiary/aromatic N) is 7. The summed E-state index contributed by atoms with van der Waals surface area (Å²) in [7, 11) is 0.